The Labute approximate surface area is 159 Å². The third kappa shape index (κ3) is 2.93. The molecule has 2 N–H and O–H groups in total. The first-order valence-corrected chi connectivity index (χ1v) is 9.85. The first kappa shape index (κ1) is 17.8. The lowest BCUT2D eigenvalue weighted by atomic mass is 9.73. The minimum atomic E-state index is -0.590. The minimum Gasteiger partial charge on any atom is -0.338 e. The SMILES string of the molecule is CCC[C@@H]1N(C(=O)CCCc2cn[nH]c2)CC[C@]12C(=O)Nc1ccccc12. The quantitative estimate of drug-likeness (QED) is 0.825. The van der Waals surface area contributed by atoms with Crippen LogP contribution >= 0.6 is 0 Å². The lowest BCUT2D eigenvalue weighted by molar-refractivity contribution is -0.133. The third-order valence-electron chi connectivity index (χ3n) is 6.05. The fourth-order valence-electron chi connectivity index (χ4n) is 4.78. The zero-order chi connectivity index (χ0) is 18.9. The van der Waals surface area contributed by atoms with E-state index in [1.54, 1.807) is 6.20 Å². The summed E-state index contributed by atoms with van der Waals surface area (Å²) >= 11 is 0. The van der Waals surface area contributed by atoms with Gasteiger partial charge < -0.3 is 10.2 Å². The fraction of sp³-hybridized carbons (Fsp3) is 0.476. The van der Waals surface area contributed by atoms with E-state index in [2.05, 4.69) is 22.4 Å². The number of carbonyl (C=O) groups is 2. The second-order valence-corrected chi connectivity index (χ2v) is 7.57. The van der Waals surface area contributed by atoms with Gasteiger partial charge in [0.15, 0.2) is 0 Å². The van der Waals surface area contributed by atoms with Crippen LogP contribution < -0.4 is 5.32 Å². The number of benzene rings is 1. The Morgan fingerprint density at radius 3 is 3.00 bits per heavy atom. The van der Waals surface area contributed by atoms with E-state index < -0.39 is 5.41 Å². The van der Waals surface area contributed by atoms with Gasteiger partial charge in [0, 0.05) is 24.8 Å². The van der Waals surface area contributed by atoms with Crippen LogP contribution in [0.15, 0.2) is 36.7 Å². The Morgan fingerprint density at radius 1 is 1.37 bits per heavy atom. The van der Waals surface area contributed by atoms with Crippen LogP contribution in [0.5, 0.6) is 0 Å². The number of anilines is 1. The molecule has 1 aromatic carbocycles. The molecule has 27 heavy (non-hydrogen) atoms. The molecule has 0 aliphatic carbocycles. The zero-order valence-corrected chi connectivity index (χ0v) is 15.7. The summed E-state index contributed by atoms with van der Waals surface area (Å²) in [7, 11) is 0. The molecule has 4 rings (SSSR count). The molecule has 0 unspecified atom stereocenters. The third-order valence-corrected chi connectivity index (χ3v) is 6.05. The predicted molar refractivity (Wildman–Crippen MR) is 103 cm³/mol. The summed E-state index contributed by atoms with van der Waals surface area (Å²) in [6.45, 7) is 2.77. The Hall–Kier alpha value is -2.63. The molecule has 1 saturated heterocycles. The van der Waals surface area contributed by atoms with Crippen molar-refractivity contribution in [2.24, 2.45) is 0 Å². The van der Waals surface area contributed by atoms with Gasteiger partial charge in [-0.15, -0.1) is 0 Å². The second kappa shape index (κ2) is 7.18. The van der Waals surface area contributed by atoms with Crippen molar-refractivity contribution in [3.63, 3.8) is 0 Å². The standard InChI is InChI=1S/C21H26N4O2/c1-2-6-18-21(16-8-3-4-9-17(16)24-20(21)27)11-12-25(18)19(26)10-5-7-15-13-22-23-14-15/h3-4,8-9,13-14,18H,2,5-7,10-12H2,1H3,(H,22,23)(H,24,27)/t18-,21+/m0/s1. The Balaban J connectivity index is 1.53. The molecule has 6 nitrogen and oxygen atoms in total. The number of para-hydroxylation sites is 1. The summed E-state index contributed by atoms with van der Waals surface area (Å²) in [4.78, 5) is 28.0. The minimum absolute atomic E-state index is 0.0517. The highest BCUT2D eigenvalue weighted by atomic mass is 16.2. The zero-order valence-electron chi connectivity index (χ0n) is 15.7. The van der Waals surface area contributed by atoms with E-state index in [1.165, 1.54) is 0 Å². The van der Waals surface area contributed by atoms with Gasteiger partial charge in [-0.05, 0) is 42.9 Å². The highest BCUT2D eigenvalue weighted by Gasteiger charge is 2.57. The van der Waals surface area contributed by atoms with Crippen molar-refractivity contribution in [1.82, 2.24) is 15.1 Å². The number of H-pyrrole nitrogens is 1. The summed E-state index contributed by atoms with van der Waals surface area (Å²) in [5, 5.41) is 9.80. The van der Waals surface area contributed by atoms with Crippen molar-refractivity contribution in [1.29, 1.82) is 0 Å². The maximum atomic E-state index is 13.0. The molecule has 0 radical (unpaired) electrons. The lowest BCUT2D eigenvalue weighted by Gasteiger charge is -2.34. The van der Waals surface area contributed by atoms with Crippen molar-refractivity contribution < 1.29 is 9.59 Å². The van der Waals surface area contributed by atoms with E-state index in [4.69, 9.17) is 0 Å². The first-order valence-electron chi connectivity index (χ1n) is 9.85. The number of aromatic amines is 1. The van der Waals surface area contributed by atoms with Gasteiger partial charge in [-0.3, -0.25) is 14.7 Å². The number of rotatable bonds is 6. The molecule has 0 bridgehead atoms. The number of fused-ring (bicyclic) bond motifs is 2. The molecule has 2 amide bonds. The molecule has 142 valence electrons. The molecule has 6 heteroatoms. The van der Waals surface area contributed by atoms with E-state index in [0.717, 1.165) is 42.5 Å². The molecule has 2 aromatic rings. The summed E-state index contributed by atoms with van der Waals surface area (Å²) < 4.78 is 0. The van der Waals surface area contributed by atoms with Crippen LogP contribution in [-0.2, 0) is 21.4 Å². The highest BCUT2D eigenvalue weighted by Crippen LogP contribution is 2.49. The topological polar surface area (TPSA) is 78.1 Å². The number of hydrogen-bond donors (Lipinski definition) is 2. The lowest BCUT2D eigenvalue weighted by Crippen LogP contribution is -2.48. The summed E-state index contributed by atoms with van der Waals surface area (Å²) in [6, 6.07) is 7.87. The number of likely N-dealkylation sites (tertiary alicyclic amines) is 1. The molecule has 1 fully saturated rings. The number of nitrogens with zero attached hydrogens (tertiary/aromatic N) is 2. The normalized spacial score (nSPS) is 23.7. The molecule has 1 spiro atoms. The molecule has 3 heterocycles. The van der Waals surface area contributed by atoms with Gasteiger partial charge in [-0.1, -0.05) is 31.5 Å². The van der Waals surface area contributed by atoms with E-state index in [-0.39, 0.29) is 17.9 Å². The van der Waals surface area contributed by atoms with Gasteiger partial charge >= 0.3 is 0 Å². The van der Waals surface area contributed by atoms with Crippen LogP contribution in [0.4, 0.5) is 5.69 Å². The number of carbonyl (C=O) groups excluding carboxylic acids is 2. The number of nitrogens with one attached hydrogen (secondary N) is 2. The van der Waals surface area contributed by atoms with Crippen LogP contribution in [0.25, 0.3) is 0 Å². The van der Waals surface area contributed by atoms with Gasteiger partial charge in [0.05, 0.1) is 17.7 Å². The first-order chi connectivity index (χ1) is 13.2. The fourth-order valence-corrected chi connectivity index (χ4v) is 4.78. The summed E-state index contributed by atoms with van der Waals surface area (Å²) in [6.07, 6.45) is 8.30. The smallest absolute Gasteiger partial charge is 0.237 e. The van der Waals surface area contributed by atoms with Crippen molar-refractivity contribution in [2.45, 2.75) is 56.9 Å². The van der Waals surface area contributed by atoms with Gasteiger partial charge in [0.2, 0.25) is 11.8 Å². The average molecular weight is 366 g/mol. The van der Waals surface area contributed by atoms with Crippen LogP contribution in [0.1, 0.15) is 50.2 Å². The molecular formula is C21H26N4O2. The number of hydrogen-bond acceptors (Lipinski definition) is 3. The largest absolute Gasteiger partial charge is 0.338 e. The van der Waals surface area contributed by atoms with Gasteiger partial charge in [0.25, 0.3) is 0 Å². The van der Waals surface area contributed by atoms with Crippen molar-refractivity contribution in [2.75, 3.05) is 11.9 Å². The molecule has 2 aliphatic rings. The summed E-state index contributed by atoms with van der Waals surface area (Å²) in [5.74, 6) is 0.210. The Morgan fingerprint density at radius 2 is 2.22 bits per heavy atom. The van der Waals surface area contributed by atoms with Crippen molar-refractivity contribution in [3.8, 4) is 0 Å². The Kier molecular flexibility index (Phi) is 4.72. The molecule has 0 saturated carbocycles. The molecule has 2 aliphatic heterocycles. The van der Waals surface area contributed by atoms with E-state index in [9.17, 15) is 9.59 Å². The van der Waals surface area contributed by atoms with Crippen molar-refractivity contribution >= 4 is 17.5 Å². The Bertz CT molecular complexity index is 832. The molecule has 1 aromatic heterocycles. The monoisotopic (exact) mass is 366 g/mol. The number of aryl methyl sites for hydroxylation is 1. The van der Waals surface area contributed by atoms with Gasteiger partial charge in [-0.2, -0.15) is 5.10 Å². The van der Waals surface area contributed by atoms with Crippen LogP contribution in [0.3, 0.4) is 0 Å². The molecular weight excluding hydrogens is 340 g/mol. The van der Waals surface area contributed by atoms with E-state index in [1.807, 2.05) is 35.4 Å². The second-order valence-electron chi connectivity index (χ2n) is 7.57. The predicted octanol–water partition coefficient (Wildman–Crippen LogP) is 3.02. The van der Waals surface area contributed by atoms with Crippen LogP contribution in [-0.4, -0.2) is 39.5 Å². The highest BCUT2D eigenvalue weighted by molar-refractivity contribution is 6.07. The molecule has 2 atom stereocenters. The van der Waals surface area contributed by atoms with Gasteiger partial charge in [0.1, 0.15) is 0 Å². The van der Waals surface area contributed by atoms with Crippen LogP contribution in [0, 0.1) is 0 Å². The number of amides is 2. The van der Waals surface area contributed by atoms with Gasteiger partial charge in [-0.25, -0.2) is 0 Å². The number of aromatic nitrogens is 2. The average Bonchev–Trinajstić information content (AvgIpc) is 3.37. The van der Waals surface area contributed by atoms with E-state index >= 15 is 0 Å². The summed E-state index contributed by atoms with van der Waals surface area (Å²) in [5.41, 5.74) is 2.49. The maximum Gasteiger partial charge on any atom is 0.237 e. The maximum absolute atomic E-state index is 13.0. The van der Waals surface area contributed by atoms with E-state index in [0.29, 0.717) is 19.4 Å². The van der Waals surface area contributed by atoms with Crippen LogP contribution in [0.2, 0.25) is 0 Å². The van der Waals surface area contributed by atoms with Crippen molar-refractivity contribution in [3.05, 3.63) is 47.8 Å².